The zero-order valence-corrected chi connectivity index (χ0v) is 65.6. The number of carbonyl (C=O) groups excluding carboxylic acids is 1. The second kappa shape index (κ2) is 33.8. The van der Waals surface area contributed by atoms with Crippen LogP contribution in [-0.4, -0.2) is 120 Å². The lowest BCUT2D eigenvalue weighted by Crippen LogP contribution is -2.27. The van der Waals surface area contributed by atoms with Crippen molar-refractivity contribution in [2.45, 2.75) is 104 Å². The van der Waals surface area contributed by atoms with Gasteiger partial charge in [0.25, 0.3) is 40.1 Å². The van der Waals surface area contributed by atoms with Crippen molar-refractivity contribution >= 4 is 97.9 Å². The average molecular weight is 1630 g/mol. The molecule has 0 aliphatic carbocycles. The average Bonchev–Trinajstić information content (AvgIpc) is 1.60. The maximum absolute atomic E-state index is 13.1. The number of carboxylic acid groups (broad SMARTS) is 3. The van der Waals surface area contributed by atoms with Gasteiger partial charge >= 0.3 is 17.9 Å². The van der Waals surface area contributed by atoms with Gasteiger partial charge in [-0.05, 0) is 144 Å². The van der Waals surface area contributed by atoms with Gasteiger partial charge in [0.1, 0.15) is 15.9 Å². The summed E-state index contributed by atoms with van der Waals surface area (Å²) in [4.78, 5) is 58.4. The van der Waals surface area contributed by atoms with Crippen molar-refractivity contribution in [1.29, 1.82) is 0 Å². The molecule has 0 fully saturated rings. The minimum atomic E-state index is -4.09. The maximum Gasteiger partial charge on any atom is 0.337 e. The number of hydrogen-bond acceptors (Lipinski definition) is 18. The molecule has 27 nitrogen and oxygen atoms in total. The molecule has 12 aromatic rings. The molecule has 7 N–H and O–H groups in total. The Balaban J connectivity index is 0.000000133. The highest BCUT2D eigenvalue weighted by molar-refractivity contribution is 7.95. The summed E-state index contributed by atoms with van der Waals surface area (Å²) in [5.41, 5.74) is 8.67. The lowest BCUT2D eigenvalue weighted by molar-refractivity contribution is 0.0687. The number of thiophene rings is 1. The fraction of sp³-hybridized carbons (Fsp3) is 0.183. The van der Waals surface area contributed by atoms with Gasteiger partial charge in [0.05, 0.1) is 58.4 Å². The van der Waals surface area contributed by atoms with Gasteiger partial charge in [0.15, 0.2) is 20.7 Å². The summed E-state index contributed by atoms with van der Waals surface area (Å²) in [6.07, 6.45) is 9.98. The Morgan fingerprint density at radius 3 is 1.42 bits per heavy atom. The number of sulfonamides is 4. The van der Waals surface area contributed by atoms with Crippen LogP contribution in [0.4, 0.5) is 22.7 Å². The van der Waals surface area contributed by atoms with Crippen molar-refractivity contribution < 1.29 is 72.9 Å². The molecular formula is C82H77N11O16S5. The predicted molar refractivity (Wildman–Crippen MR) is 433 cm³/mol. The van der Waals surface area contributed by atoms with Crippen LogP contribution in [0.5, 0.6) is 5.88 Å². The first-order valence-electron chi connectivity index (χ1n) is 36.0. The molecule has 4 aliphatic heterocycles. The number of hydrogen-bond donors (Lipinski definition) is 7. The third-order valence-corrected chi connectivity index (χ3v) is 26.2. The summed E-state index contributed by atoms with van der Waals surface area (Å²) in [5.74, 6) is -2.16. The number of ether oxygens (including phenoxy) is 1. The Labute approximate surface area is 662 Å². The van der Waals surface area contributed by atoms with Crippen LogP contribution in [0.1, 0.15) is 103 Å². The number of fused-ring (bicyclic) bond motifs is 4. The smallest absolute Gasteiger partial charge is 0.337 e. The van der Waals surface area contributed by atoms with Gasteiger partial charge in [0, 0.05) is 74.3 Å². The molecule has 0 unspecified atom stereocenters. The van der Waals surface area contributed by atoms with E-state index in [2.05, 4.69) is 45.4 Å². The first-order chi connectivity index (χ1) is 54.6. The second-order valence-corrected chi connectivity index (χ2v) is 34.9. The number of aryl methyl sites for hydroxylation is 4. The van der Waals surface area contributed by atoms with Gasteiger partial charge in [-0.15, -0.1) is 11.3 Å². The first-order valence-corrected chi connectivity index (χ1v) is 42.8. The van der Waals surface area contributed by atoms with E-state index in [0.717, 1.165) is 125 Å². The van der Waals surface area contributed by atoms with E-state index in [1.54, 1.807) is 53.2 Å². The van der Waals surface area contributed by atoms with Crippen LogP contribution in [0.15, 0.2) is 250 Å². The number of nitrogens with zero attached hydrogens (tertiary/aromatic N) is 7. The van der Waals surface area contributed by atoms with Gasteiger partial charge in [-0.2, -0.15) is 21.9 Å². The summed E-state index contributed by atoms with van der Waals surface area (Å²) in [6, 6.07) is 58.2. The number of aromatic nitrogens is 6. The van der Waals surface area contributed by atoms with Crippen LogP contribution in [-0.2, 0) is 85.5 Å². The molecule has 0 radical (unpaired) electrons. The normalized spacial score (nSPS) is 13.5. The van der Waals surface area contributed by atoms with Gasteiger partial charge < -0.3 is 34.1 Å². The van der Waals surface area contributed by atoms with E-state index in [1.165, 1.54) is 65.7 Å². The number of allylic oxidation sites excluding steroid dienone is 1. The van der Waals surface area contributed by atoms with Crippen molar-refractivity contribution in [2.75, 3.05) is 32.0 Å². The minimum Gasteiger partial charge on any atom is -0.478 e. The number of ketones is 1. The van der Waals surface area contributed by atoms with E-state index in [9.17, 15) is 68.2 Å². The molecule has 4 aromatic heterocycles. The fourth-order valence-corrected chi connectivity index (χ4v) is 19.4. The van der Waals surface area contributed by atoms with E-state index < -0.39 is 58.0 Å². The van der Waals surface area contributed by atoms with Crippen molar-refractivity contribution in [2.24, 2.45) is 0 Å². The van der Waals surface area contributed by atoms with Crippen LogP contribution in [0.25, 0.3) is 44.5 Å². The van der Waals surface area contributed by atoms with Crippen LogP contribution in [0, 0.1) is 0 Å². The summed E-state index contributed by atoms with van der Waals surface area (Å²) < 4.78 is 124. The monoisotopic (exact) mass is 1630 g/mol. The molecule has 16 rings (SSSR count). The van der Waals surface area contributed by atoms with E-state index in [-0.39, 0.29) is 70.3 Å². The Kier molecular flexibility index (Phi) is 23.6. The van der Waals surface area contributed by atoms with Gasteiger partial charge in [-0.25, -0.2) is 45.9 Å². The van der Waals surface area contributed by atoms with Crippen LogP contribution in [0.2, 0.25) is 0 Å². The predicted octanol–water partition coefficient (Wildman–Crippen LogP) is 14.5. The molecule has 0 saturated carbocycles. The number of aromatic carboxylic acids is 3. The molecule has 32 heteroatoms. The largest absolute Gasteiger partial charge is 0.478 e. The van der Waals surface area contributed by atoms with Crippen molar-refractivity contribution in [3.63, 3.8) is 0 Å². The number of nitrogens with one attached hydrogen (secondary N) is 4. The number of rotatable bonds is 21. The van der Waals surface area contributed by atoms with E-state index >= 15 is 0 Å². The number of anilines is 4. The van der Waals surface area contributed by atoms with Crippen LogP contribution >= 0.6 is 11.3 Å². The summed E-state index contributed by atoms with van der Waals surface area (Å²) in [5, 5.41) is 32.6. The quantitative estimate of drug-likeness (QED) is 0.0329. The molecule has 8 heterocycles. The van der Waals surface area contributed by atoms with Gasteiger partial charge in [-0.3, -0.25) is 23.7 Å². The van der Waals surface area contributed by atoms with Crippen molar-refractivity contribution in [3.8, 4) is 50.4 Å². The topological polar surface area (TPSA) is 380 Å². The van der Waals surface area contributed by atoms with E-state index in [4.69, 9.17) is 4.74 Å². The van der Waals surface area contributed by atoms with Crippen LogP contribution in [0.3, 0.4) is 0 Å². The maximum atomic E-state index is 13.1. The van der Waals surface area contributed by atoms with E-state index in [1.807, 2.05) is 139 Å². The molecule has 0 amide bonds. The summed E-state index contributed by atoms with van der Waals surface area (Å²) in [7, 11) is -15.9. The lowest BCUT2D eigenvalue weighted by Gasteiger charge is -2.28. The van der Waals surface area contributed by atoms with Gasteiger partial charge in [0.2, 0.25) is 5.88 Å². The highest BCUT2D eigenvalue weighted by Gasteiger charge is 2.32. The fourth-order valence-electron chi connectivity index (χ4n) is 13.4. The van der Waals surface area contributed by atoms with Crippen LogP contribution < -0.4 is 23.6 Å². The highest BCUT2D eigenvalue weighted by atomic mass is 32.2. The first kappa shape index (κ1) is 79.6. The number of benzene rings is 8. The molecule has 0 bridgehead atoms. The third kappa shape index (κ3) is 18.2. The van der Waals surface area contributed by atoms with Gasteiger partial charge in [-0.1, -0.05) is 152 Å². The number of carboxylic acids is 3. The minimum absolute atomic E-state index is 0.0102. The molecule has 0 spiro atoms. The zero-order valence-electron chi connectivity index (χ0n) is 61.5. The molecular weight excluding hydrogens is 1560 g/mol. The summed E-state index contributed by atoms with van der Waals surface area (Å²) in [6.45, 7) is 11.1. The zero-order chi connectivity index (χ0) is 80.6. The second-order valence-electron chi connectivity index (χ2n) is 27.0. The Hall–Kier alpha value is -12.5. The third-order valence-electron chi connectivity index (χ3n) is 19.1. The van der Waals surface area contributed by atoms with Crippen molar-refractivity contribution in [1.82, 2.24) is 33.8 Å². The highest BCUT2D eigenvalue weighted by Crippen LogP contribution is 2.38. The molecule has 0 saturated heterocycles. The number of carbonyl (C=O) groups is 4. The molecule has 8 aromatic carbocycles. The Morgan fingerprint density at radius 1 is 0.474 bits per heavy atom. The molecule has 4 aliphatic rings. The Morgan fingerprint density at radius 2 is 0.939 bits per heavy atom. The Bertz CT molecular complexity index is 6130. The number of imidazole rings is 2. The SMILES string of the molecule is C=C(C)N1CCc2sc(S(=O)(=O)Nc3cc(-c4ccccc4)ccc3C(=O)O)cc2C1.CC(=O)c1ccc(-c2ccccc2)cc1NS(=O)(=O)c1cn2c(n1)CCCC2.O=C(O)c1ccc(-c2ccccc2)cc1NS(=O)(=O)c1cnc2n1CCC2.O=C(O)c1ccc(-c2ccccc2)cc1NS(=O)(=O)c1cnn2c1OCCC2. The van der Waals surface area contributed by atoms with Crippen molar-refractivity contribution in [3.05, 3.63) is 275 Å². The molecule has 0 atom stereocenters. The molecule has 114 heavy (non-hydrogen) atoms. The number of Topliss-reactive ketones (excluding diaryl/α,β-unsaturated/α-hetero) is 1. The standard InChI is InChI=1S/C23H22N2O4S2.C21H21N3O3S.C19H17N3O5S.C19H17N3O4S/c1-15(2)25-11-10-21-18(14-25)13-22(30-21)31(28,29)24-20-12-17(8-9-19(20)23(26)27)16-6-4-3-5-7-16;1-15(25)18-11-10-17(16-7-3-2-4-8-16)13-19(18)23-28(26,27)21-14-24-12-6-5-9-20(24)22-21;23-19(24)15-8-7-14(13-5-2-1-3-6-13)11-16(15)21-28(25,26)17-12-20-22-9-4-10-27-18(17)22;23-19(24)15-9-8-14(13-5-2-1-3-6-13)11-16(15)21-27(25,26)18-12-20-17-7-4-10-22(17)18/h3-9,12-13,24H,1,10-11,14H2,2H3,(H,26,27);2-4,7-8,10-11,13-14,23H,5-6,9,12H2,1H3;1-3,5-8,11-12,21H,4,9-10H2,(H,23,24);1-3,5-6,8-9,11-12,21H,4,7,10H2,(H,23,24). The molecule has 586 valence electrons. The van der Waals surface area contributed by atoms with E-state index in [0.29, 0.717) is 37.4 Å². The lowest BCUT2D eigenvalue weighted by atomic mass is 10.0. The summed E-state index contributed by atoms with van der Waals surface area (Å²) >= 11 is 1.24.